The normalized spacial score (nSPS) is 15.2. The lowest BCUT2D eigenvalue weighted by Gasteiger charge is -2.20. The van der Waals surface area contributed by atoms with Crippen LogP contribution < -0.4 is 0 Å². The minimum Gasteiger partial charge on any atom is -0.462 e. The molecular formula is C42H65O10P. The molecule has 0 aliphatic heterocycles. The Bertz CT molecular complexity index is 1240. The van der Waals surface area contributed by atoms with Crippen LogP contribution in [-0.4, -0.2) is 65.7 Å². The van der Waals surface area contributed by atoms with Crippen molar-refractivity contribution in [3.8, 4) is 0 Å². The number of carbonyl (C=O) groups is 2. The van der Waals surface area contributed by atoms with Gasteiger partial charge in [-0.2, -0.15) is 0 Å². The second kappa shape index (κ2) is 37.0. The van der Waals surface area contributed by atoms with Crippen LogP contribution in [0.25, 0.3) is 0 Å². The lowest BCUT2D eigenvalue weighted by Crippen LogP contribution is -2.29. The molecule has 10 nitrogen and oxygen atoms in total. The van der Waals surface area contributed by atoms with E-state index in [0.717, 1.165) is 32.1 Å². The SMILES string of the molecule is CC/C=C/C=C/C=C/C=C/C=C/CCCC(=O)OC(COC(=O)CCC/C=C/C/C=C/C/C=C/C/C=C/CCCCC)COP(=O)(O)OC[C@@H](O)CO. The molecule has 0 saturated carbocycles. The van der Waals surface area contributed by atoms with Gasteiger partial charge in [0.15, 0.2) is 6.10 Å². The van der Waals surface area contributed by atoms with E-state index in [-0.39, 0.29) is 19.4 Å². The summed E-state index contributed by atoms with van der Waals surface area (Å²) in [5, 5.41) is 18.3. The summed E-state index contributed by atoms with van der Waals surface area (Å²) in [5.41, 5.74) is 0. The minimum atomic E-state index is -4.65. The number of unbranched alkanes of at least 4 members (excludes halogenated alkanes) is 5. The van der Waals surface area contributed by atoms with Gasteiger partial charge >= 0.3 is 19.8 Å². The molecule has 0 aromatic rings. The van der Waals surface area contributed by atoms with Crippen molar-refractivity contribution in [2.24, 2.45) is 0 Å². The number of esters is 2. The second-order valence-corrected chi connectivity index (χ2v) is 13.4. The molecule has 0 rings (SSSR count). The molecule has 0 amide bonds. The number of hydrogen-bond donors (Lipinski definition) is 3. The largest absolute Gasteiger partial charge is 0.472 e. The fourth-order valence-corrected chi connectivity index (χ4v) is 4.92. The van der Waals surface area contributed by atoms with Crippen LogP contribution in [0.5, 0.6) is 0 Å². The van der Waals surface area contributed by atoms with Gasteiger partial charge in [0, 0.05) is 12.8 Å². The van der Waals surface area contributed by atoms with Crippen molar-refractivity contribution in [1.82, 2.24) is 0 Å². The van der Waals surface area contributed by atoms with E-state index in [1.165, 1.54) is 19.3 Å². The van der Waals surface area contributed by atoms with Crippen LogP contribution in [-0.2, 0) is 32.7 Å². The Labute approximate surface area is 318 Å². The first kappa shape index (κ1) is 49.6. The van der Waals surface area contributed by atoms with Gasteiger partial charge in [0.25, 0.3) is 0 Å². The molecular weight excluding hydrogens is 695 g/mol. The van der Waals surface area contributed by atoms with E-state index < -0.39 is 51.8 Å². The Kier molecular flexibility index (Phi) is 34.6. The van der Waals surface area contributed by atoms with Crippen molar-refractivity contribution in [3.63, 3.8) is 0 Å². The Morgan fingerprint density at radius 1 is 0.604 bits per heavy atom. The van der Waals surface area contributed by atoms with Gasteiger partial charge in [-0.15, -0.1) is 0 Å². The van der Waals surface area contributed by atoms with E-state index in [2.05, 4.69) is 60.9 Å². The van der Waals surface area contributed by atoms with Crippen molar-refractivity contribution >= 4 is 19.8 Å². The molecule has 11 heteroatoms. The predicted molar refractivity (Wildman–Crippen MR) is 214 cm³/mol. The highest BCUT2D eigenvalue weighted by molar-refractivity contribution is 7.47. The number of carbonyl (C=O) groups excluding carboxylic acids is 2. The molecule has 3 atom stereocenters. The van der Waals surface area contributed by atoms with Gasteiger partial charge in [-0.05, 0) is 64.2 Å². The lowest BCUT2D eigenvalue weighted by molar-refractivity contribution is -0.161. The molecule has 298 valence electrons. The zero-order valence-electron chi connectivity index (χ0n) is 31.9. The number of ether oxygens (including phenoxy) is 2. The summed E-state index contributed by atoms with van der Waals surface area (Å²) in [6, 6.07) is 0. The third kappa shape index (κ3) is 36.8. The maximum atomic E-state index is 12.5. The zero-order chi connectivity index (χ0) is 39.1. The van der Waals surface area contributed by atoms with E-state index in [1.54, 1.807) is 0 Å². The first-order chi connectivity index (χ1) is 25.7. The van der Waals surface area contributed by atoms with Crippen molar-refractivity contribution in [3.05, 3.63) is 109 Å². The predicted octanol–water partition coefficient (Wildman–Crippen LogP) is 9.44. The van der Waals surface area contributed by atoms with Crippen LogP contribution in [0.4, 0.5) is 0 Å². The number of allylic oxidation sites excluding steroid dienone is 18. The van der Waals surface area contributed by atoms with Crippen molar-refractivity contribution in [2.75, 3.05) is 26.4 Å². The Morgan fingerprint density at radius 3 is 1.66 bits per heavy atom. The van der Waals surface area contributed by atoms with Crippen LogP contribution in [0.1, 0.15) is 104 Å². The molecule has 0 bridgehead atoms. The maximum Gasteiger partial charge on any atom is 0.472 e. The van der Waals surface area contributed by atoms with E-state index in [0.29, 0.717) is 25.7 Å². The highest BCUT2D eigenvalue weighted by Crippen LogP contribution is 2.43. The second-order valence-electron chi connectivity index (χ2n) is 12.0. The molecule has 0 fully saturated rings. The summed E-state index contributed by atoms with van der Waals surface area (Å²) in [4.78, 5) is 34.8. The third-order valence-corrected chi connectivity index (χ3v) is 7.99. The van der Waals surface area contributed by atoms with Crippen LogP contribution in [0.2, 0.25) is 0 Å². The summed E-state index contributed by atoms with van der Waals surface area (Å²) < 4.78 is 32.4. The quantitative estimate of drug-likeness (QED) is 0.0194. The van der Waals surface area contributed by atoms with Crippen LogP contribution in [0.15, 0.2) is 109 Å². The standard InChI is InChI=1S/C42H65O10P/c1-3-5-7-9-11-13-15-17-18-19-20-22-23-25-27-29-31-33-41(45)49-37-40(38-51-53(47,48)50-36-39(44)35-43)52-42(46)34-32-30-28-26-24-21-16-14-12-10-8-6-4-2/h6,8,10-14,16-18,20-22,24-28,39-40,43-44H,3-5,7,9,15,19,23,29-38H2,1-2H3,(H,47,48)/b8-6+,12-10+,13-11+,16-14+,18-17+,22-20+,24-21+,27-25+,28-26+/t39-,40?/m0/s1. The first-order valence-corrected chi connectivity index (χ1v) is 20.4. The summed E-state index contributed by atoms with van der Waals surface area (Å²) in [6.07, 6.45) is 45.1. The minimum absolute atomic E-state index is 0.0690. The lowest BCUT2D eigenvalue weighted by atomic mass is 10.2. The van der Waals surface area contributed by atoms with Gasteiger partial charge in [0.05, 0.1) is 19.8 Å². The number of phosphoric acid groups is 1. The number of aliphatic hydroxyl groups excluding tert-OH is 2. The molecule has 0 aliphatic carbocycles. The monoisotopic (exact) mass is 760 g/mol. The molecule has 2 unspecified atom stereocenters. The highest BCUT2D eigenvalue weighted by atomic mass is 31.2. The molecule has 53 heavy (non-hydrogen) atoms. The number of hydrogen-bond acceptors (Lipinski definition) is 9. The Morgan fingerprint density at radius 2 is 1.09 bits per heavy atom. The molecule has 0 heterocycles. The van der Waals surface area contributed by atoms with Crippen LogP contribution >= 0.6 is 7.82 Å². The highest BCUT2D eigenvalue weighted by Gasteiger charge is 2.27. The van der Waals surface area contributed by atoms with Gasteiger partial charge in [0.2, 0.25) is 0 Å². The van der Waals surface area contributed by atoms with E-state index in [4.69, 9.17) is 19.1 Å². The molecule has 0 spiro atoms. The molecule has 0 aromatic heterocycles. The summed E-state index contributed by atoms with van der Waals surface area (Å²) in [7, 11) is -4.65. The fourth-order valence-electron chi connectivity index (χ4n) is 4.13. The summed E-state index contributed by atoms with van der Waals surface area (Å²) in [6.45, 7) is 2.01. The zero-order valence-corrected chi connectivity index (χ0v) is 32.8. The summed E-state index contributed by atoms with van der Waals surface area (Å²) in [5.74, 6) is -1.09. The summed E-state index contributed by atoms with van der Waals surface area (Å²) >= 11 is 0. The smallest absolute Gasteiger partial charge is 0.462 e. The first-order valence-electron chi connectivity index (χ1n) is 18.9. The van der Waals surface area contributed by atoms with Crippen molar-refractivity contribution in [1.29, 1.82) is 0 Å². The van der Waals surface area contributed by atoms with Gasteiger partial charge < -0.3 is 24.6 Å². The third-order valence-electron chi connectivity index (χ3n) is 7.04. The van der Waals surface area contributed by atoms with Gasteiger partial charge in [0.1, 0.15) is 12.7 Å². The topological polar surface area (TPSA) is 149 Å². The van der Waals surface area contributed by atoms with Crippen LogP contribution in [0.3, 0.4) is 0 Å². The van der Waals surface area contributed by atoms with Gasteiger partial charge in [-0.25, -0.2) is 4.57 Å². The molecule has 0 aromatic carbocycles. The van der Waals surface area contributed by atoms with Crippen molar-refractivity contribution < 1.29 is 47.8 Å². The average Bonchev–Trinajstić information content (AvgIpc) is 3.14. The van der Waals surface area contributed by atoms with Gasteiger partial charge in [-0.3, -0.25) is 18.6 Å². The van der Waals surface area contributed by atoms with Gasteiger partial charge in [-0.1, -0.05) is 136 Å². The van der Waals surface area contributed by atoms with E-state index in [1.807, 2.05) is 66.8 Å². The molecule has 0 saturated heterocycles. The molecule has 0 radical (unpaired) electrons. The Balaban J connectivity index is 4.61. The number of rotatable bonds is 33. The van der Waals surface area contributed by atoms with E-state index in [9.17, 15) is 24.2 Å². The number of phosphoric ester groups is 1. The molecule has 0 aliphatic rings. The molecule has 3 N–H and O–H groups in total. The Hall–Kier alpha value is -3.37. The fraction of sp³-hybridized carbons (Fsp3) is 0.524. The van der Waals surface area contributed by atoms with E-state index >= 15 is 0 Å². The maximum absolute atomic E-state index is 12.5. The average molecular weight is 761 g/mol. The van der Waals surface area contributed by atoms with Crippen LogP contribution in [0, 0.1) is 0 Å². The number of aliphatic hydroxyl groups is 2. The van der Waals surface area contributed by atoms with Crippen molar-refractivity contribution in [2.45, 2.75) is 116 Å².